The topological polar surface area (TPSA) is 39.4 Å². The SMILES string of the molecule is CCOC(=O)/C(Cl)=C/c1ccco1. The van der Waals surface area contributed by atoms with Gasteiger partial charge in [-0.2, -0.15) is 0 Å². The van der Waals surface area contributed by atoms with Crippen LogP contribution in [0.25, 0.3) is 6.08 Å². The van der Waals surface area contributed by atoms with Gasteiger partial charge in [-0.05, 0) is 19.1 Å². The third kappa shape index (κ3) is 2.95. The van der Waals surface area contributed by atoms with E-state index in [0.717, 1.165) is 0 Å². The fraction of sp³-hybridized carbons (Fsp3) is 0.222. The fourth-order valence-corrected chi connectivity index (χ4v) is 0.919. The molecule has 3 nitrogen and oxygen atoms in total. The van der Waals surface area contributed by atoms with Crippen molar-refractivity contribution < 1.29 is 13.9 Å². The molecule has 0 saturated carbocycles. The molecular formula is C9H9ClO3. The van der Waals surface area contributed by atoms with E-state index in [1.807, 2.05) is 0 Å². The maximum Gasteiger partial charge on any atom is 0.349 e. The molecule has 0 N–H and O–H groups in total. The van der Waals surface area contributed by atoms with Gasteiger partial charge in [-0.15, -0.1) is 0 Å². The van der Waals surface area contributed by atoms with Crippen LogP contribution in [-0.2, 0) is 9.53 Å². The Morgan fingerprint density at radius 2 is 2.54 bits per heavy atom. The summed E-state index contributed by atoms with van der Waals surface area (Å²) < 4.78 is 9.64. The minimum Gasteiger partial charge on any atom is -0.465 e. The molecule has 0 saturated heterocycles. The molecule has 1 aromatic rings. The maximum absolute atomic E-state index is 11.0. The standard InChI is InChI=1S/C9H9ClO3/c1-2-12-9(11)8(10)6-7-4-3-5-13-7/h3-6H,2H2,1H3/b8-6-. The zero-order chi connectivity index (χ0) is 9.68. The predicted octanol–water partition coefficient (Wildman–Crippen LogP) is 2.42. The molecule has 1 rings (SSSR count). The van der Waals surface area contributed by atoms with Crippen LogP contribution in [0.1, 0.15) is 12.7 Å². The van der Waals surface area contributed by atoms with Gasteiger partial charge in [0.15, 0.2) is 0 Å². The highest BCUT2D eigenvalue weighted by Crippen LogP contribution is 2.11. The molecule has 0 aromatic carbocycles. The van der Waals surface area contributed by atoms with E-state index in [4.69, 9.17) is 16.0 Å². The van der Waals surface area contributed by atoms with Crippen LogP contribution in [0.2, 0.25) is 0 Å². The van der Waals surface area contributed by atoms with Crippen LogP contribution in [0.15, 0.2) is 27.8 Å². The van der Waals surface area contributed by atoms with Gasteiger partial charge in [0.25, 0.3) is 0 Å². The average molecular weight is 201 g/mol. The number of carbonyl (C=O) groups excluding carboxylic acids is 1. The normalized spacial score (nSPS) is 11.4. The smallest absolute Gasteiger partial charge is 0.349 e. The van der Waals surface area contributed by atoms with Crippen molar-refractivity contribution in [1.29, 1.82) is 0 Å². The first-order chi connectivity index (χ1) is 6.24. The second kappa shape index (κ2) is 4.72. The van der Waals surface area contributed by atoms with Gasteiger partial charge in [0.05, 0.1) is 12.9 Å². The number of rotatable bonds is 3. The molecule has 1 aromatic heterocycles. The van der Waals surface area contributed by atoms with Gasteiger partial charge in [-0.1, -0.05) is 11.6 Å². The summed E-state index contributed by atoms with van der Waals surface area (Å²) in [5.41, 5.74) is 0. The van der Waals surface area contributed by atoms with E-state index in [1.54, 1.807) is 19.1 Å². The zero-order valence-corrected chi connectivity index (χ0v) is 7.88. The lowest BCUT2D eigenvalue weighted by Gasteiger charge is -1.97. The summed E-state index contributed by atoms with van der Waals surface area (Å²) in [6.07, 6.45) is 2.92. The molecule has 0 spiro atoms. The first-order valence-electron chi connectivity index (χ1n) is 3.82. The van der Waals surface area contributed by atoms with Crippen molar-refractivity contribution in [3.63, 3.8) is 0 Å². The summed E-state index contributed by atoms with van der Waals surface area (Å²) in [5.74, 6) is -0.0152. The van der Waals surface area contributed by atoms with Gasteiger partial charge < -0.3 is 9.15 Å². The second-order valence-corrected chi connectivity index (χ2v) is 2.64. The van der Waals surface area contributed by atoms with E-state index < -0.39 is 5.97 Å². The summed E-state index contributed by atoms with van der Waals surface area (Å²) in [6, 6.07) is 3.41. The Morgan fingerprint density at radius 1 is 1.77 bits per heavy atom. The number of ether oxygens (including phenoxy) is 1. The molecule has 0 atom stereocenters. The van der Waals surface area contributed by atoms with Gasteiger partial charge >= 0.3 is 5.97 Å². The minimum atomic E-state index is -0.541. The van der Waals surface area contributed by atoms with E-state index in [-0.39, 0.29) is 5.03 Å². The van der Waals surface area contributed by atoms with E-state index >= 15 is 0 Å². The third-order valence-corrected chi connectivity index (χ3v) is 1.55. The second-order valence-electron chi connectivity index (χ2n) is 2.23. The van der Waals surface area contributed by atoms with Crippen molar-refractivity contribution in [3.8, 4) is 0 Å². The lowest BCUT2D eigenvalue weighted by molar-refractivity contribution is -0.137. The van der Waals surface area contributed by atoms with E-state index in [2.05, 4.69) is 4.74 Å². The lowest BCUT2D eigenvalue weighted by atomic mass is 10.4. The molecule has 70 valence electrons. The fourth-order valence-electron chi connectivity index (χ4n) is 0.757. The number of carbonyl (C=O) groups is 1. The van der Waals surface area contributed by atoms with E-state index in [9.17, 15) is 4.79 Å². The van der Waals surface area contributed by atoms with Gasteiger partial charge in [-0.25, -0.2) is 4.79 Å². The summed E-state index contributed by atoms with van der Waals surface area (Å²) in [4.78, 5) is 11.0. The highest BCUT2D eigenvalue weighted by molar-refractivity contribution is 6.43. The molecule has 0 unspecified atom stereocenters. The molecule has 1 heterocycles. The molecule has 0 aliphatic heterocycles. The van der Waals surface area contributed by atoms with Crippen LogP contribution in [-0.4, -0.2) is 12.6 Å². The van der Waals surface area contributed by atoms with Crippen molar-refractivity contribution in [1.82, 2.24) is 0 Å². The zero-order valence-electron chi connectivity index (χ0n) is 7.12. The highest BCUT2D eigenvalue weighted by atomic mass is 35.5. The molecule has 0 bridgehead atoms. The summed E-state index contributed by atoms with van der Waals surface area (Å²) >= 11 is 5.63. The van der Waals surface area contributed by atoms with Crippen molar-refractivity contribution >= 4 is 23.6 Å². The molecule has 4 heteroatoms. The van der Waals surface area contributed by atoms with Crippen LogP contribution in [0.4, 0.5) is 0 Å². The Kier molecular flexibility index (Phi) is 3.58. The van der Waals surface area contributed by atoms with Gasteiger partial charge in [0.1, 0.15) is 10.8 Å². The monoisotopic (exact) mass is 200 g/mol. The number of hydrogen-bond donors (Lipinski definition) is 0. The number of furan rings is 1. The third-order valence-electron chi connectivity index (χ3n) is 1.28. The first kappa shape index (κ1) is 9.86. The Balaban J connectivity index is 2.66. The van der Waals surface area contributed by atoms with Gasteiger partial charge in [0, 0.05) is 6.08 Å². The van der Waals surface area contributed by atoms with Crippen LogP contribution >= 0.6 is 11.6 Å². The molecular weight excluding hydrogens is 192 g/mol. The highest BCUT2D eigenvalue weighted by Gasteiger charge is 2.07. The van der Waals surface area contributed by atoms with Crippen LogP contribution in [0, 0.1) is 0 Å². The van der Waals surface area contributed by atoms with Crippen molar-refractivity contribution in [2.75, 3.05) is 6.61 Å². The largest absolute Gasteiger partial charge is 0.465 e. The summed E-state index contributed by atoms with van der Waals surface area (Å²) in [7, 11) is 0. The van der Waals surface area contributed by atoms with Crippen molar-refractivity contribution in [2.24, 2.45) is 0 Å². The first-order valence-corrected chi connectivity index (χ1v) is 4.19. The molecule has 0 aliphatic rings. The molecule has 0 fully saturated rings. The van der Waals surface area contributed by atoms with Gasteiger partial charge in [0.2, 0.25) is 0 Å². The lowest BCUT2D eigenvalue weighted by Crippen LogP contribution is -2.03. The Labute approximate surface area is 80.9 Å². The molecule has 13 heavy (non-hydrogen) atoms. The van der Waals surface area contributed by atoms with E-state index in [0.29, 0.717) is 12.4 Å². The van der Waals surface area contributed by atoms with E-state index in [1.165, 1.54) is 12.3 Å². The predicted molar refractivity (Wildman–Crippen MR) is 49.2 cm³/mol. The Hall–Kier alpha value is -1.22. The number of halogens is 1. The average Bonchev–Trinajstić information content (AvgIpc) is 2.57. The maximum atomic E-state index is 11.0. The quantitative estimate of drug-likeness (QED) is 0.556. The number of esters is 1. The summed E-state index contributed by atoms with van der Waals surface area (Å²) in [5, 5.41) is 0.0109. The van der Waals surface area contributed by atoms with Gasteiger partial charge in [-0.3, -0.25) is 0 Å². The number of hydrogen-bond acceptors (Lipinski definition) is 3. The Morgan fingerprint density at radius 3 is 3.08 bits per heavy atom. The van der Waals surface area contributed by atoms with Crippen LogP contribution < -0.4 is 0 Å². The molecule has 0 radical (unpaired) electrons. The Bertz CT molecular complexity index is 301. The molecule has 0 amide bonds. The molecule has 0 aliphatic carbocycles. The summed E-state index contributed by atoms with van der Waals surface area (Å²) in [6.45, 7) is 2.02. The van der Waals surface area contributed by atoms with Crippen LogP contribution in [0.3, 0.4) is 0 Å². The van der Waals surface area contributed by atoms with Crippen LogP contribution in [0.5, 0.6) is 0 Å². The van der Waals surface area contributed by atoms with Crippen molar-refractivity contribution in [2.45, 2.75) is 6.92 Å². The van der Waals surface area contributed by atoms with Crippen molar-refractivity contribution in [3.05, 3.63) is 29.2 Å². The minimum absolute atomic E-state index is 0.0109.